The van der Waals surface area contributed by atoms with Gasteiger partial charge in [0, 0.05) is 0 Å². The molecule has 10 heteroatoms. The Kier molecular flexibility index (Phi) is 47.0. The number of hydrogen-bond donors (Lipinski definition) is 0. The van der Waals surface area contributed by atoms with Gasteiger partial charge in [-0.3, -0.25) is 9.59 Å². The van der Waals surface area contributed by atoms with Gasteiger partial charge < -0.3 is 14.0 Å². The van der Waals surface area contributed by atoms with Gasteiger partial charge in [-0.05, 0) is 12.8 Å². The third-order valence-corrected chi connectivity index (χ3v) is 10.5. The Hall–Kier alpha value is 0.850. The van der Waals surface area contributed by atoms with Gasteiger partial charge in [-0.15, -0.1) is 0 Å². The number of carbonyl (C=O) groups is 2. The molecular formula is C40H77Na2O7S+. The average Bonchev–Trinajstić information content (AvgIpc) is 3.05. The first-order valence-corrected chi connectivity index (χ1v) is 22.1. The van der Waals surface area contributed by atoms with Crippen molar-refractivity contribution in [2.45, 2.75) is 231 Å². The maximum absolute atomic E-state index is 12.3. The summed E-state index contributed by atoms with van der Waals surface area (Å²) in [6.45, 7) is 4.73. The van der Waals surface area contributed by atoms with E-state index >= 15 is 0 Å². The number of rotatable bonds is 38. The van der Waals surface area contributed by atoms with Crippen LogP contribution in [-0.2, 0) is 29.2 Å². The van der Waals surface area contributed by atoms with Gasteiger partial charge in [-0.25, -0.2) is 8.42 Å². The molecule has 0 heterocycles. The molecule has 286 valence electrons. The molecule has 0 amide bonds. The van der Waals surface area contributed by atoms with Crippen LogP contribution in [0.2, 0.25) is 0 Å². The van der Waals surface area contributed by atoms with E-state index in [-0.39, 0.29) is 72.3 Å². The fourth-order valence-corrected chi connectivity index (χ4v) is 6.91. The van der Waals surface area contributed by atoms with Crippen LogP contribution in [0.4, 0.5) is 0 Å². The summed E-state index contributed by atoms with van der Waals surface area (Å²) in [7, 11) is -5.02. The van der Waals surface area contributed by atoms with Gasteiger partial charge in [-0.1, -0.05) is 206 Å². The molecule has 1 unspecified atom stereocenters. The zero-order chi connectivity index (χ0) is 35.4. The van der Waals surface area contributed by atoms with Crippen LogP contribution in [0.5, 0.6) is 0 Å². The van der Waals surface area contributed by atoms with E-state index < -0.39 is 33.7 Å². The molecule has 1 atom stereocenters. The molecule has 0 aromatic heterocycles. The summed E-state index contributed by atoms with van der Waals surface area (Å²) >= 11 is 0. The van der Waals surface area contributed by atoms with E-state index in [0.717, 1.165) is 38.5 Å². The SMILES string of the molecule is CCCCCCCCCCCCCCCCCCOC(=O)CC(C(=O)OCCCCCCCCCCCCCCCCCC)S(=O)(=O)[O-].[Na+].[Na+]. The van der Waals surface area contributed by atoms with Crippen molar-refractivity contribution in [1.29, 1.82) is 0 Å². The van der Waals surface area contributed by atoms with Crippen molar-refractivity contribution in [1.82, 2.24) is 0 Å². The number of carbonyl (C=O) groups excluding carboxylic acids is 2. The molecule has 0 N–H and O–H groups in total. The second kappa shape index (κ2) is 42.6. The summed E-state index contributed by atoms with van der Waals surface area (Å²) in [6.07, 6.45) is 38.8. The summed E-state index contributed by atoms with van der Waals surface area (Å²) in [5.74, 6) is -2.00. The zero-order valence-corrected chi connectivity index (χ0v) is 38.4. The second-order valence-corrected chi connectivity index (χ2v) is 15.7. The third kappa shape index (κ3) is 40.0. The summed E-state index contributed by atoms with van der Waals surface area (Å²) in [4.78, 5) is 24.5. The molecule has 0 rings (SSSR count). The first-order chi connectivity index (χ1) is 23.3. The predicted octanol–water partition coefficient (Wildman–Crippen LogP) is 5.91. The minimum Gasteiger partial charge on any atom is -0.747 e. The molecule has 0 saturated carbocycles. The van der Waals surface area contributed by atoms with Crippen molar-refractivity contribution in [2.75, 3.05) is 13.2 Å². The van der Waals surface area contributed by atoms with Crippen LogP contribution in [0.15, 0.2) is 0 Å². The van der Waals surface area contributed by atoms with Crippen molar-refractivity contribution in [3.8, 4) is 0 Å². The Bertz CT molecular complexity index is 827. The van der Waals surface area contributed by atoms with Gasteiger partial charge in [0.05, 0.1) is 19.6 Å². The molecule has 0 aliphatic rings. The van der Waals surface area contributed by atoms with Crippen molar-refractivity contribution in [2.24, 2.45) is 0 Å². The first-order valence-electron chi connectivity index (χ1n) is 20.6. The van der Waals surface area contributed by atoms with Gasteiger partial charge in [-0.2, -0.15) is 0 Å². The molecule has 0 fully saturated rings. The largest absolute Gasteiger partial charge is 1.00 e. The smallest absolute Gasteiger partial charge is 0.747 e. The summed E-state index contributed by atoms with van der Waals surface area (Å²) in [5, 5.41) is -2.04. The van der Waals surface area contributed by atoms with Gasteiger partial charge in [0.2, 0.25) is 0 Å². The van der Waals surface area contributed by atoms with Crippen LogP contribution < -0.4 is 59.1 Å². The second-order valence-electron chi connectivity index (χ2n) is 14.2. The molecule has 0 spiro atoms. The monoisotopic (exact) mass is 748 g/mol. The molecule has 0 bridgehead atoms. The van der Waals surface area contributed by atoms with Gasteiger partial charge >= 0.3 is 71.1 Å². The quantitative estimate of drug-likeness (QED) is 0.0335. The Morgan fingerprint density at radius 3 is 0.940 bits per heavy atom. The van der Waals surface area contributed by atoms with E-state index in [0.29, 0.717) is 12.8 Å². The van der Waals surface area contributed by atoms with E-state index in [4.69, 9.17) is 9.47 Å². The summed E-state index contributed by atoms with van der Waals surface area (Å²) < 4.78 is 45.2. The fourth-order valence-electron chi connectivity index (χ4n) is 6.27. The minimum absolute atomic E-state index is 0. The predicted molar refractivity (Wildman–Crippen MR) is 199 cm³/mol. The molecule has 50 heavy (non-hydrogen) atoms. The van der Waals surface area contributed by atoms with E-state index in [2.05, 4.69) is 13.8 Å². The van der Waals surface area contributed by atoms with Gasteiger partial charge in [0.15, 0.2) is 5.25 Å². The van der Waals surface area contributed by atoms with Crippen LogP contribution >= 0.6 is 0 Å². The topological polar surface area (TPSA) is 110 Å². The first kappa shape index (κ1) is 55.2. The number of unbranched alkanes of at least 4 members (excludes halogenated alkanes) is 30. The van der Waals surface area contributed by atoms with Gasteiger partial charge in [0.25, 0.3) is 0 Å². The van der Waals surface area contributed by atoms with E-state index in [1.54, 1.807) is 0 Å². The summed E-state index contributed by atoms with van der Waals surface area (Å²) in [6, 6.07) is 0. The standard InChI is InChI=1S/C40H78O7S.2Na/c1-3-5-7-9-11-13-15-17-19-21-23-25-27-29-31-33-35-46-39(41)37-38(48(43,44)45)40(42)47-36-34-32-30-28-26-24-22-20-18-16-14-12-10-8-6-4-2;;/h38H,3-37H2,1-2H3,(H,43,44,45);;/q;2*+1/p-1. The Balaban J connectivity index is -0.0000110. The number of ether oxygens (including phenoxy) is 2. The molecule has 0 aliphatic carbocycles. The van der Waals surface area contributed by atoms with E-state index in [1.165, 1.54) is 154 Å². The molecule has 0 aliphatic heterocycles. The Labute approximate surface area is 354 Å². The maximum Gasteiger partial charge on any atom is 1.00 e. The molecule has 7 nitrogen and oxygen atoms in total. The van der Waals surface area contributed by atoms with Crippen LogP contribution in [0.1, 0.15) is 226 Å². The van der Waals surface area contributed by atoms with E-state index in [9.17, 15) is 22.6 Å². The van der Waals surface area contributed by atoms with Crippen LogP contribution in [-0.4, -0.2) is 43.4 Å². The zero-order valence-electron chi connectivity index (χ0n) is 33.6. The number of esters is 2. The normalized spacial score (nSPS) is 11.8. The third-order valence-electron chi connectivity index (χ3n) is 9.47. The maximum atomic E-state index is 12.3. The van der Waals surface area contributed by atoms with Crippen molar-refractivity contribution >= 4 is 22.1 Å². The van der Waals surface area contributed by atoms with Crippen molar-refractivity contribution < 1.29 is 91.1 Å². The Morgan fingerprint density at radius 1 is 0.440 bits per heavy atom. The van der Waals surface area contributed by atoms with Gasteiger partial charge in [0.1, 0.15) is 10.1 Å². The van der Waals surface area contributed by atoms with E-state index in [1.807, 2.05) is 0 Å². The summed E-state index contributed by atoms with van der Waals surface area (Å²) in [5.41, 5.74) is 0. The molecule has 0 saturated heterocycles. The van der Waals surface area contributed by atoms with Crippen molar-refractivity contribution in [3.05, 3.63) is 0 Å². The fraction of sp³-hybridized carbons (Fsp3) is 0.950. The minimum atomic E-state index is -5.02. The van der Waals surface area contributed by atoms with Crippen LogP contribution in [0.3, 0.4) is 0 Å². The van der Waals surface area contributed by atoms with Crippen molar-refractivity contribution in [3.63, 3.8) is 0 Å². The molecule has 0 aromatic carbocycles. The number of hydrogen-bond acceptors (Lipinski definition) is 7. The average molecular weight is 748 g/mol. The molecular weight excluding hydrogens is 670 g/mol. The molecule has 0 aromatic rings. The van der Waals surface area contributed by atoms with Crippen LogP contribution in [0, 0.1) is 0 Å². The van der Waals surface area contributed by atoms with Crippen LogP contribution in [0.25, 0.3) is 0 Å². The Morgan fingerprint density at radius 2 is 0.680 bits per heavy atom. The molecule has 0 radical (unpaired) electrons.